The van der Waals surface area contributed by atoms with Crippen molar-refractivity contribution in [2.24, 2.45) is 7.05 Å². The predicted molar refractivity (Wildman–Crippen MR) is 63.9 cm³/mol. The second kappa shape index (κ2) is 4.73. The highest BCUT2D eigenvalue weighted by molar-refractivity contribution is 6.02. The number of amides is 2. The lowest BCUT2D eigenvalue weighted by molar-refractivity contribution is -0.139. The van der Waals surface area contributed by atoms with Crippen LogP contribution in [0.3, 0.4) is 0 Å². The molecule has 0 bridgehead atoms. The summed E-state index contributed by atoms with van der Waals surface area (Å²) in [6, 6.07) is 1.26. The molecule has 0 radical (unpaired) electrons. The van der Waals surface area contributed by atoms with Gasteiger partial charge in [-0.25, -0.2) is 0 Å². The molecule has 0 aromatic carbocycles. The van der Waals surface area contributed by atoms with Gasteiger partial charge in [-0.2, -0.15) is 0 Å². The molecular formula is C12H15N3O3. The zero-order valence-corrected chi connectivity index (χ0v) is 10.3. The molecule has 1 N–H and O–H groups in total. The minimum atomic E-state index is -0.463. The van der Waals surface area contributed by atoms with Crippen molar-refractivity contribution in [3.8, 4) is 0 Å². The minimum Gasteiger partial charge on any atom is -0.357 e. The van der Waals surface area contributed by atoms with Gasteiger partial charge in [0.25, 0.3) is 0 Å². The Kier molecular flexibility index (Phi) is 3.29. The highest BCUT2D eigenvalue weighted by atomic mass is 16.2. The van der Waals surface area contributed by atoms with Crippen molar-refractivity contribution in [1.29, 1.82) is 0 Å². The number of carbonyl (C=O) groups is 3. The Labute approximate surface area is 105 Å². The quantitative estimate of drug-likeness (QED) is 0.582. The molecule has 6 heteroatoms. The number of piperazine rings is 1. The molecule has 1 fully saturated rings. The number of nitrogens with one attached hydrogen (secondary N) is 1. The van der Waals surface area contributed by atoms with Crippen LogP contribution >= 0.6 is 0 Å². The monoisotopic (exact) mass is 249 g/mol. The molecule has 1 aliphatic rings. The van der Waals surface area contributed by atoms with E-state index in [9.17, 15) is 14.4 Å². The van der Waals surface area contributed by atoms with Gasteiger partial charge in [0.15, 0.2) is 5.78 Å². The molecule has 0 saturated carbocycles. The molecule has 1 atom stereocenters. The fourth-order valence-electron chi connectivity index (χ4n) is 1.91. The largest absolute Gasteiger partial charge is 0.357 e. The number of hydrogen-bond donors (Lipinski definition) is 1. The first kappa shape index (κ1) is 12.5. The van der Waals surface area contributed by atoms with Gasteiger partial charge in [-0.1, -0.05) is 0 Å². The molecule has 2 amide bonds. The Morgan fingerprint density at radius 3 is 2.83 bits per heavy atom. The lowest BCUT2D eigenvalue weighted by Crippen LogP contribution is -2.57. The van der Waals surface area contributed by atoms with Crippen molar-refractivity contribution in [3.63, 3.8) is 0 Å². The summed E-state index contributed by atoms with van der Waals surface area (Å²) in [5, 5.41) is 2.24. The number of hydrogen-bond acceptors (Lipinski definition) is 4. The van der Waals surface area contributed by atoms with Crippen LogP contribution in [0.5, 0.6) is 0 Å². The Balaban J connectivity index is 2.06. The van der Waals surface area contributed by atoms with E-state index in [0.717, 1.165) is 0 Å². The topological polar surface area (TPSA) is 71.4 Å². The van der Waals surface area contributed by atoms with Gasteiger partial charge in [0.05, 0.1) is 19.1 Å². The number of Topliss-reactive ketones (excluding diaryl/α,β-unsaturated/α-hetero) is 1. The summed E-state index contributed by atoms with van der Waals surface area (Å²) >= 11 is 0. The van der Waals surface area contributed by atoms with Crippen molar-refractivity contribution < 1.29 is 14.4 Å². The van der Waals surface area contributed by atoms with Gasteiger partial charge in [-0.05, 0) is 13.0 Å². The molecule has 1 aromatic rings. The fraction of sp³-hybridized carbons (Fsp3) is 0.417. The summed E-state index contributed by atoms with van der Waals surface area (Å²) in [5.41, 5.74) is 0.586. The van der Waals surface area contributed by atoms with E-state index in [1.807, 2.05) is 7.05 Å². The Hall–Kier alpha value is -1.95. The first-order valence-electron chi connectivity index (χ1n) is 5.70. The number of aromatic nitrogens is 1. The zero-order chi connectivity index (χ0) is 13.3. The van der Waals surface area contributed by atoms with Crippen LogP contribution in [0.15, 0.2) is 18.5 Å². The predicted octanol–water partition coefficient (Wildman–Crippen LogP) is -0.445. The lowest BCUT2D eigenvalue weighted by Gasteiger charge is -2.30. The third-order valence-electron chi connectivity index (χ3n) is 3.04. The molecule has 6 nitrogen and oxygen atoms in total. The number of carbonyl (C=O) groups excluding carboxylic acids is 3. The average Bonchev–Trinajstić information content (AvgIpc) is 2.72. The fourth-order valence-corrected chi connectivity index (χ4v) is 1.91. The zero-order valence-electron chi connectivity index (χ0n) is 10.3. The Morgan fingerprint density at radius 1 is 1.50 bits per heavy atom. The van der Waals surface area contributed by atoms with Gasteiger partial charge in [0.2, 0.25) is 11.8 Å². The molecule has 18 heavy (non-hydrogen) atoms. The van der Waals surface area contributed by atoms with Crippen molar-refractivity contribution in [3.05, 3.63) is 24.0 Å². The van der Waals surface area contributed by atoms with Gasteiger partial charge in [-0.15, -0.1) is 0 Å². The normalized spacial score (nSPS) is 20.9. The van der Waals surface area contributed by atoms with Crippen LogP contribution in [0, 0.1) is 0 Å². The maximum atomic E-state index is 12.0. The molecule has 2 rings (SSSR count). The summed E-state index contributed by atoms with van der Waals surface area (Å²) in [7, 11) is 1.83. The molecule has 1 unspecified atom stereocenters. The highest BCUT2D eigenvalue weighted by Gasteiger charge is 2.31. The molecule has 1 saturated heterocycles. The van der Waals surface area contributed by atoms with E-state index >= 15 is 0 Å². The van der Waals surface area contributed by atoms with Crippen LogP contribution in [0.4, 0.5) is 0 Å². The van der Waals surface area contributed by atoms with Crippen LogP contribution in [0.25, 0.3) is 0 Å². The first-order valence-corrected chi connectivity index (χ1v) is 5.70. The number of nitrogens with zero attached hydrogens (tertiary/aromatic N) is 2. The minimum absolute atomic E-state index is 0.0737. The SMILES string of the molecule is CC1C(=O)NC(=O)CN1CC(=O)c1ccn(C)c1. The molecule has 1 aromatic heterocycles. The van der Waals surface area contributed by atoms with E-state index in [1.165, 1.54) is 0 Å². The average molecular weight is 249 g/mol. The van der Waals surface area contributed by atoms with E-state index in [0.29, 0.717) is 5.56 Å². The van der Waals surface area contributed by atoms with E-state index in [-0.39, 0.29) is 30.7 Å². The van der Waals surface area contributed by atoms with Gasteiger partial charge >= 0.3 is 0 Å². The first-order chi connectivity index (χ1) is 8.47. The van der Waals surface area contributed by atoms with Crippen molar-refractivity contribution in [1.82, 2.24) is 14.8 Å². The summed E-state index contributed by atoms with van der Waals surface area (Å²) in [4.78, 5) is 36.3. The standard InChI is InChI=1S/C12H15N3O3/c1-8-12(18)13-11(17)7-15(8)6-10(16)9-3-4-14(2)5-9/h3-5,8H,6-7H2,1-2H3,(H,13,17,18). The maximum Gasteiger partial charge on any atom is 0.243 e. The third kappa shape index (κ3) is 2.48. The molecule has 96 valence electrons. The smallest absolute Gasteiger partial charge is 0.243 e. The number of rotatable bonds is 3. The summed E-state index contributed by atoms with van der Waals surface area (Å²) in [6.45, 7) is 1.83. The lowest BCUT2D eigenvalue weighted by atomic mass is 10.1. The van der Waals surface area contributed by atoms with Crippen LogP contribution in [0.2, 0.25) is 0 Å². The van der Waals surface area contributed by atoms with E-state index in [4.69, 9.17) is 0 Å². The highest BCUT2D eigenvalue weighted by Crippen LogP contribution is 2.08. The van der Waals surface area contributed by atoms with Gasteiger partial charge < -0.3 is 4.57 Å². The van der Waals surface area contributed by atoms with E-state index in [1.54, 1.807) is 34.9 Å². The van der Waals surface area contributed by atoms with Crippen LogP contribution in [-0.2, 0) is 16.6 Å². The Morgan fingerprint density at radius 2 is 2.22 bits per heavy atom. The summed E-state index contributed by atoms with van der Waals surface area (Å²) in [5.74, 6) is -0.809. The second-order valence-corrected chi connectivity index (χ2v) is 4.48. The van der Waals surface area contributed by atoms with Crippen molar-refractivity contribution in [2.45, 2.75) is 13.0 Å². The van der Waals surface area contributed by atoms with Gasteiger partial charge in [0, 0.05) is 25.0 Å². The molecule has 1 aliphatic heterocycles. The molecule has 0 aliphatic carbocycles. The van der Waals surface area contributed by atoms with Gasteiger partial charge in [-0.3, -0.25) is 24.6 Å². The van der Waals surface area contributed by atoms with E-state index in [2.05, 4.69) is 5.32 Å². The molecular weight excluding hydrogens is 234 g/mol. The van der Waals surface area contributed by atoms with Gasteiger partial charge in [0.1, 0.15) is 0 Å². The molecule has 0 spiro atoms. The second-order valence-electron chi connectivity index (χ2n) is 4.48. The maximum absolute atomic E-state index is 12.0. The van der Waals surface area contributed by atoms with Crippen LogP contribution in [-0.4, -0.2) is 46.2 Å². The Bertz CT molecular complexity index is 506. The van der Waals surface area contributed by atoms with Crippen LogP contribution < -0.4 is 5.32 Å². The number of imide groups is 1. The van der Waals surface area contributed by atoms with Crippen LogP contribution in [0.1, 0.15) is 17.3 Å². The third-order valence-corrected chi connectivity index (χ3v) is 3.04. The number of ketones is 1. The number of aryl methyl sites for hydroxylation is 1. The van der Waals surface area contributed by atoms with Crippen molar-refractivity contribution in [2.75, 3.05) is 13.1 Å². The van der Waals surface area contributed by atoms with Crippen molar-refractivity contribution >= 4 is 17.6 Å². The van der Waals surface area contributed by atoms with E-state index < -0.39 is 6.04 Å². The summed E-state index contributed by atoms with van der Waals surface area (Å²) in [6.07, 6.45) is 3.50. The molecule has 2 heterocycles. The summed E-state index contributed by atoms with van der Waals surface area (Å²) < 4.78 is 1.78.